The highest BCUT2D eigenvalue weighted by Crippen LogP contribution is 2.30. The maximum Gasteiger partial charge on any atom is 0.471 e. The highest BCUT2D eigenvalue weighted by Gasteiger charge is 2.41. The van der Waals surface area contributed by atoms with Gasteiger partial charge in [0.15, 0.2) is 0 Å². The fourth-order valence-corrected chi connectivity index (χ4v) is 5.75. The van der Waals surface area contributed by atoms with Crippen molar-refractivity contribution in [3.8, 4) is 0 Å². The summed E-state index contributed by atoms with van der Waals surface area (Å²) in [6, 6.07) is 3.51. The van der Waals surface area contributed by atoms with E-state index in [1.807, 2.05) is 0 Å². The highest BCUT2D eigenvalue weighted by molar-refractivity contribution is 8.00. The first-order chi connectivity index (χ1) is 13.1. The van der Waals surface area contributed by atoms with Crippen molar-refractivity contribution in [3.05, 3.63) is 24.3 Å². The number of nitrogens with zero attached hydrogens (tertiary/aromatic N) is 1. The first kappa shape index (κ1) is 20.9. The molecule has 0 aromatic heterocycles. The molecule has 0 radical (unpaired) electrons. The zero-order valence-electron chi connectivity index (χ0n) is 14.5. The van der Waals surface area contributed by atoms with Crippen LogP contribution in [0.1, 0.15) is 12.8 Å². The Morgan fingerprint density at radius 2 is 1.82 bits per heavy atom. The number of halogens is 3. The molecule has 3 rings (SSSR count). The van der Waals surface area contributed by atoms with E-state index in [1.165, 1.54) is 11.8 Å². The fraction of sp³-hybridized carbons (Fsp3) is 0.500. The Hall–Kier alpha value is -1.79. The fourth-order valence-electron chi connectivity index (χ4n) is 2.60. The largest absolute Gasteiger partial charge is 0.471 e. The molecule has 2 N–H and O–H groups in total. The number of rotatable bonds is 6. The number of hydrogen-bond donors (Lipinski definition) is 2. The lowest BCUT2D eigenvalue weighted by molar-refractivity contribution is -0.167. The van der Waals surface area contributed by atoms with Crippen molar-refractivity contribution in [2.24, 2.45) is 5.92 Å². The third-order valence-corrected chi connectivity index (χ3v) is 7.43. The van der Waals surface area contributed by atoms with E-state index in [0.29, 0.717) is 18.2 Å². The van der Waals surface area contributed by atoms with E-state index >= 15 is 0 Å². The molecule has 2 amide bonds. The molecule has 1 aliphatic heterocycles. The summed E-state index contributed by atoms with van der Waals surface area (Å²) in [7, 11) is -4.01. The highest BCUT2D eigenvalue weighted by atomic mass is 32.2. The van der Waals surface area contributed by atoms with Crippen LogP contribution < -0.4 is 10.6 Å². The molecule has 0 spiro atoms. The summed E-state index contributed by atoms with van der Waals surface area (Å²) in [5.74, 6) is -1.60. The molecule has 1 aliphatic carbocycles. The molecule has 1 saturated heterocycles. The molecule has 0 bridgehead atoms. The van der Waals surface area contributed by atoms with Crippen molar-refractivity contribution in [2.75, 3.05) is 23.5 Å². The lowest BCUT2D eigenvalue weighted by Gasteiger charge is -2.22. The van der Waals surface area contributed by atoms with Gasteiger partial charge in [-0.2, -0.15) is 17.5 Å². The molecule has 154 valence electrons. The SMILES string of the molecule is O=C(NCC1CC1)C1CSCN1S(=O)(=O)c1ccc(NC(=O)C(F)(F)F)cc1. The number of carbonyl (C=O) groups excluding carboxylic acids is 2. The number of nitrogens with one attached hydrogen (secondary N) is 2. The van der Waals surface area contributed by atoms with E-state index in [0.717, 1.165) is 41.4 Å². The second kappa shape index (κ2) is 7.91. The third-order valence-electron chi connectivity index (χ3n) is 4.38. The Balaban J connectivity index is 1.70. The molecule has 1 heterocycles. The summed E-state index contributed by atoms with van der Waals surface area (Å²) in [4.78, 5) is 23.1. The van der Waals surface area contributed by atoms with Crippen molar-refractivity contribution in [1.29, 1.82) is 0 Å². The Morgan fingerprint density at radius 1 is 1.18 bits per heavy atom. The van der Waals surface area contributed by atoms with Crippen LogP contribution >= 0.6 is 11.8 Å². The maximum atomic E-state index is 12.9. The molecular formula is C16H18F3N3O4S2. The first-order valence-electron chi connectivity index (χ1n) is 8.44. The van der Waals surface area contributed by atoms with Crippen LogP contribution in [0.15, 0.2) is 29.2 Å². The summed E-state index contributed by atoms with van der Waals surface area (Å²) in [6.45, 7) is 0.529. The summed E-state index contributed by atoms with van der Waals surface area (Å²) in [6.07, 6.45) is -2.93. The van der Waals surface area contributed by atoms with Gasteiger partial charge in [0, 0.05) is 18.0 Å². The Labute approximate surface area is 164 Å². The lowest BCUT2D eigenvalue weighted by Crippen LogP contribution is -2.47. The van der Waals surface area contributed by atoms with Gasteiger partial charge in [0.2, 0.25) is 15.9 Å². The summed E-state index contributed by atoms with van der Waals surface area (Å²) < 4.78 is 63.7. The van der Waals surface area contributed by atoms with Crippen LogP contribution in [-0.2, 0) is 19.6 Å². The Morgan fingerprint density at radius 3 is 2.39 bits per heavy atom. The first-order valence-corrected chi connectivity index (χ1v) is 11.0. The molecule has 1 saturated carbocycles. The van der Waals surface area contributed by atoms with E-state index in [2.05, 4.69) is 5.32 Å². The van der Waals surface area contributed by atoms with Gasteiger partial charge in [0.1, 0.15) is 6.04 Å². The molecule has 2 aliphatic rings. The molecule has 7 nitrogen and oxygen atoms in total. The minimum absolute atomic E-state index is 0.108. The van der Waals surface area contributed by atoms with Crippen molar-refractivity contribution in [1.82, 2.24) is 9.62 Å². The van der Waals surface area contributed by atoms with Crippen LogP contribution in [0.25, 0.3) is 0 Å². The average Bonchev–Trinajstić information content (AvgIpc) is 3.32. The lowest BCUT2D eigenvalue weighted by atomic mass is 10.3. The summed E-state index contributed by atoms with van der Waals surface area (Å²) >= 11 is 1.31. The van der Waals surface area contributed by atoms with Crippen LogP contribution in [-0.4, -0.2) is 54.9 Å². The van der Waals surface area contributed by atoms with E-state index < -0.39 is 28.1 Å². The van der Waals surface area contributed by atoms with Crippen molar-refractivity contribution >= 4 is 39.3 Å². The number of hydrogen-bond acceptors (Lipinski definition) is 5. The number of carbonyl (C=O) groups is 2. The Bertz CT molecular complexity index is 855. The normalized spacial score (nSPS) is 20.8. The van der Waals surface area contributed by atoms with Gasteiger partial charge in [-0.25, -0.2) is 8.42 Å². The number of anilines is 1. The predicted octanol–water partition coefficient (Wildman–Crippen LogP) is 1.78. The molecule has 2 fully saturated rings. The van der Waals surface area contributed by atoms with Gasteiger partial charge < -0.3 is 10.6 Å². The summed E-state index contributed by atoms with van der Waals surface area (Å²) in [5, 5.41) is 4.42. The Kier molecular flexibility index (Phi) is 5.92. The molecule has 1 unspecified atom stereocenters. The van der Waals surface area contributed by atoms with Gasteiger partial charge in [-0.05, 0) is 43.0 Å². The van der Waals surface area contributed by atoms with Crippen LogP contribution in [0, 0.1) is 5.92 Å². The topological polar surface area (TPSA) is 95.6 Å². The van der Waals surface area contributed by atoms with Crippen molar-refractivity contribution < 1.29 is 31.2 Å². The zero-order valence-corrected chi connectivity index (χ0v) is 16.2. The molecule has 1 aromatic carbocycles. The molecule has 1 aromatic rings. The molecular weight excluding hydrogens is 419 g/mol. The van der Waals surface area contributed by atoms with Gasteiger partial charge in [-0.3, -0.25) is 9.59 Å². The van der Waals surface area contributed by atoms with Gasteiger partial charge >= 0.3 is 12.1 Å². The van der Waals surface area contributed by atoms with Crippen molar-refractivity contribution in [2.45, 2.75) is 30.0 Å². The molecule has 12 heteroatoms. The van der Waals surface area contributed by atoms with Crippen LogP contribution in [0.2, 0.25) is 0 Å². The summed E-state index contributed by atoms with van der Waals surface area (Å²) in [5.41, 5.74) is -0.184. The van der Waals surface area contributed by atoms with Crippen LogP contribution in [0.4, 0.5) is 18.9 Å². The van der Waals surface area contributed by atoms with Gasteiger partial charge in [-0.15, -0.1) is 11.8 Å². The second-order valence-electron chi connectivity index (χ2n) is 6.57. The smallest absolute Gasteiger partial charge is 0.354 e. The second-order valence-corrected chi connectivity index (χ2v) is 9.46. The number of benzene rings is 1. The monoisotopic (exact) mass is 437 g/mol. The third kappa shape index (κ3) is 4.78. The maximum absolute atomic E-state index is 12.9. The van der Waals surface area contributed by atoms with E-state index in [-0.39, 0.29) is 22.4 Å². The standard InChI is InChI=1S/C16H18F3N3O4S2/c17-16(18,19)15(24)21-11-3-5-12(6-4-11)28(25,26)22-9-27-8-13(22)14(23)20-7-10-1-2-10/h3-6,10,13H,1-2,7-9H2,(H,20,23)(H,21,24). The van der Waals surface area contributed by atoms with Crippen LogP contribution in [0.3, 0.4) is 0 Å². The van der Waals surface area contributed by atoms with E-state index in [9.17, 15) is 31.2 Å². The minimum Gasteiger partial charge on any atom is -0.354 e. The van der Waals surface area contributed by atoms with Crippen LogP contribution in [0.5, 0.6) is 0 Å². The quantitative estimate of drug-likeness (QED) is 0.707. The molecule has 1 atom stereocenters. The predicted molar refractivity (Wildman–Crippen MR) is 97.0 cm³/mol. The van der Waals surface area contributed by atoms with E-state index in [4.69, 9.17) is 0 Å². The number of amides is 2. The van der Waals surface area contributed by atoms with E-state index in [1.54, 1.807) is 5.32 Å². The average molecular weight is 437 g/mol. The number of thioether (sulfide) groups is 1. The number of alkyl halides is 3. The zero-order chi connectivity index (χ0) is 20.5. The van der Waals surface area contributed by atoms with Gasteiger partial charge in [0.05, 0.1) is 10.8 Å². The molecule has 28 heavy (non-hydrogen) atoms. The number of sulfonamides is 1. The minimum atomic E-state index is -5.04. The van der Waals surface area contributed by atoms with Crippen molar-refractivity contribution in [3.63, 3.8) is 0 Å². The van der Waals surface area contributed by atoms with Gasteiger partial charge in [-0.1, -0.05) is 0 Å². The van der Waals surface area contributed by atoms with Gasteiger partial charge in [0.25, 0.3) is 0 Å².